The number of ether oxygens (including phenoxy) is 2. The lowest BCUT2D eigenvalue weighted by atomic mass is 9.69. The minimum Gasteiger partial charge on any atom is -0.390 e. The van der Waals surface area contributed by atoms with Gasteiger partial charge in [0.15, 0.2) is 5.79 Å². The summed E-state index contributed by atoms with van der Waals surface area (Å²) in [6.45, 7) is 9.19. The summed E-state index contributed by atoms with van der Waals surface area (Å²) in [5.41, 5.74) is -0.148. The van der Waals surface area contributed by atoms with Crippen LogP contribution in [0.1, 0.15) is 156 Å². The Hall–Kier alpha value is -0.490. The van der Waals surface area contributed by atoms with Crippen LogP contribution in [0.15, 0.2) is 0 Å². The average molecular weight is 549 g/mol. The van der Waals surface area contributed by atoms with Crippen LogP contribution in [-0.2, 0) is 14.3 Å². The maximum absolute atomic E-state index is 11.6. The third-order valence-corrected chi connectivity index (χ3v) is 10.9. The quantitative estimate of drug-likeness (QED) is 0.322. The molecule has 0 unspecified atom stereocenters. The number of ketones is 1. The molecule has 0 aromatic heterocycles. The highest BCUT2D eigenvalue weighted by Gasteiger charge is 2.51. The van der Waals surface area contributed by atoms with E-state index in [9.17, 15) is 15.0 Å². The highest BCUT2D eigenvalue weighted by Crippen LogP contribution is 2.56. The van der Waals surface area contributed by atoms with Crippen LogP contribution in [0.3, 0.4) is 0 Å². The first-order valence-electron chi connectivity index (χ1n) is 16.5. The van der Waals surface area contributed by atoms with Gasteiger partial charge in [0.1, 0.15) is 5.78 Å². The van der Waals surface area contributed by atoms with Crippen molar-refractivity contribution in [3.05, 3.63) is 0 Å². The van der Waals surface area contributed by atoms with E-state index in [1.807, 2.05) is 27.7 Å². The number of hydrogen-bond donors (Lipinski definition) is 2. The van der Waals surface area contributed by atoms with E-state index >= 15 is 0 Å². The van der Waals surface area contributed by atoms with Gasteiger partial charge >= 0.3 is 0 Å². The fourth-order valence-corrected chi connectivity index (χ4v) is 9.05. The Labute approximate surface area is 239 Å². The summed E-state index contributed by atoms with van der Waals surface area (Å²) < 4.78 is 11.9. The van der Waals surface area contributed by atoms with E-state index in [0.717, 1.165) is 82.8 Å². The van der Waals surface area contributed by atoms with Gasteiger partial charge in [-0.05, 0) is 127 Å². The minimum absolute atomic E-state index is 0.222. The van der Waals surface area contributed by atoms with Gasteiger partial charge < -0.3 is 19.7 Å². The second kappa shape index (κ2) is 12.8. The van der Waals surface area contributed by atoms with Crippen molar-refractivity contribution in [2.24, 2.45) is 22.7 Å². The first-order valence-corrected chi connectivity index (χ1v) is 16.5. The molecule has 1 aliphatic heterocycles. The maximum atomic E-state index is 11.6. The van der Waals surface area contributed by atoms with Crippen LogP contribution in [-0.4, -0.2) is 46.2 Å². The molecule has 5 rings (SSSR count). The van der Waals surface area contributed by atoms with Crippen LogP contribution in [0.2, 0.25) is 0 Å². The number of Topliss-reactive ketones (excluding diaryl/α,β-unsaturated/α-hetero) is 1. The molecule has 4 atom stereocenters. The zero-order valence-corrected chi connectivity index (χ0v) is 25.8. The summed E-state index contributed by atoms with van der Waals surface area (Å²) in [5.74, 6) is 1.93. The summed E-state index contributed by atoms with van der Waals surface area (Å²) in [7, 11) is 0. The molecule has 226 valence electrons. The van der Waals surface area contributed by atoms with Gasteiger partial charge in [0, 0.05) is 25.7 Å². The molecule has 39 heavy (non-hydrogen) atoms. The van der Waals surface area contributed by atoms with E-state index in [0.29, 0.717) is 16.6 Å². The van der Waals surface area contributed by atoms with Crippen molar-refractivity contribution in [1.29, 1.82) is 0 Å². The molecule has 4 saturated carbocycles. The largest absolute Gasteiger partial charge is 0.390 e. The van der Waals surface area contributed by atoms with Crippen molar-refractivity contribution in [3.63, 3.8) is 0 Å². The summed E-state index contributed by atoms with van der Waals surface area (Å²) in [6.07, 6.45) is 23.5. The summed E-state index contributed by atoms with van der Waals surface area (Å²) in [4.78, 5) is 11.6. The zero-order valence-electron chi connectivity index (χ0n) is 25.8. The predicted molar refractivity (Wildman–Crippen MR) is 156 cm³/mol. The van der Waals surface area contributed by atoms with Crippen LogP contribution in [0.5, 0.6) is 0 Å². The fraction of sp³-hybridized carbons (Fsp3) is 0.971. The Bertz CT molecular complexity index is 788. The third-order valence-electron chi connectivity index (χ3n) is 10.9. The molecule has 1 heterocycles. The second-order valence-electron chi connectivity index (χ2n) is 15.8. The number of carbonyl (C=O) groups is 1. The summed E-state index contributed by atoms with van der Waals surface area (Å²) in [6, 6.07) is 0. The van der Waals surface area contributed by atoms with Crippen molar-refractivity contribution in [1.82, 2.24) is 0 Å². The van der Waals surface area contributed by atoms with Crippen molar-refractivity contribution in [2.75, 3.05) is 13.2 Å². The van der Waals surface area contributed by atoms with E-state index in [1.165, 1.54) is 70.6 Å². The van der Waals surface area contributed by atoms with Crippen LogP contribution < -0.4 is 0 Å². The highest BCUT2D eigenvalue weighted by molar-refractivity contribution is 5.79. The number of rotatable bonds is 8. The lowest BCUT2D eigenvalue weighted by molar-refractivity contribution is -0.201. The Balaban J connectivity index is 0.000000183. The van der Waals surface area contributed by atoms with Crippen LogP contribution in [0.25, 0.3) is 0 Å². The molecular weight excluding hydrogens is 488 g/mol. The molecule has 5 fully saturated rings. The summed E-state index contributed by atoms with van der Waals surface area (Å²) in [5, 5.41) is 19.6. The van der Waals surface area contributed by atoms with Crippen LogP contribution in [0, 0.1) is 22.7 Å². The molecule has 0 bridgehead atoms. The maximum Gasteiger partial charge on any atom is 0.169 e. The van der Waals surface area contributed by atoms with E-state index in [4.69, 9.17) is 9.47 Å². The van der Waals surface area contributed by atoms with Gasteiger partial charge in [-0.15, -0.1) is 0 Å². The lowest BCUT2D eigenvalue weighted by Gasteiger charge is -2.43. The van der Waals surface area contributed by atoms with Gasteiger partial charge in [-0.25, -0.2) is 0 Å². The van der Waals surface area contributed by atoms with Gasteiger partial charge in [-0.1, -0.05) is 25.7 Å². The van der Waals surface area contributed by atoms with Gasteiger partial charge in [0.25, 0.3) is 0 Å². The van der Waals surface area contributed by atoms with Gasteiger partial charge in [-0.3, -0.25) is 4.79 Å². The van der Waals surface area contributed by atoms with Crippen molar-refractivity contribution in [2.45, 2.75) is 173 Å². The highest BCUT2D eigenvalue weighted by atomic mass is 16.7. The van der Waals surface area contributed by atoms with E-state index in [2.05, 4.69) is 0 Å². The van der Waals surface area contributed by atoms with Crippen LogP contribution in [0.4, 0.5) is 0 Å². The predicted octanol–water partition coefficient (Wildman–Crippen LogP) is 7.89. The Kier molecular flexibility index (Phi) is 10.3. The molecule has 0 amide bonds. The van der Waals surface area contributed by atoms with Crippen molar-refractivity contribution in [3.8, 4) is 0 Å². The number of carbonyl (C=O) groups excluding carboxylic acids is 1. The molecule has 4 aliphatic carbocycles. The molecule has 2 N–H and O–H groups in total. The van der Waals surface area contributed by atoms with Crippen molar-refractivity contribution < 1.29 is 24.5 Å². The SMILES string of the molecule is CC(C)(O)CCC[C@@H]1CC[C@]2(CCCC(=O)C2)C1.CC(C)(O)CCC[C@@H]1CC[C@]2(CCCC3(C2)OCCO3)C1. The fourth-order valence-electron chi connectivity index (χ4n) is 9.05. The molecule has 5 nitrogen and oxygen atoms in total. The third kappa shape index (κ3) is 9.51. The average Bonchev–Trinajstić information content (AvgIpc) is 3.53. The monoisotopic (exact) mass is 548 g/mol. The Morgan fingerprint density at radius 1 is 0.769 bits per heavy atom. The number of aliphatic hydroxyl groups is 2. The van der Waals surface area contributed by atoms with E-state index in [-0.39, 0.29) is 5.79 Å². The minimum atomic E-state index is -0.517. The van der Waals surface area contributed by atoms with Crippen LogP contribution >= 0.6 is 0 Å². The van der Waals surface area contributed by atoms with E-state index in [1.54, 1.807) is 0 Å². The van der Waals surface area contributed by atoms with Gasteiger partial charge in [0.2, 0.25) is 0 Å². The molecule has 0 radical (unpaired) electrons. The Morgan fingerprint density at radius 2 is 1.31 bits per heavy atom. The Morgan fingerprint density at radius 3 is 1.87 bits per heavy atom. The molecule has 3 spiro atoms. The first kappa shape index (κ1) is 31.4. The first-order chi connectivity index (χ1) is 18.3. The van der Waals surface area contributed by atoms with E-state index < -0.39 is 11.2 Å². The molecule has 1 saturated heterocycles. The molecule has 5 heteroatoms. The topological polar surface area (TPSA) is 76.0 Å². The smallest absolute Gasteiger partial charge is 0.169 e. The van der Waals surface area contributed by atoms with Gasteiger partial charge in [0.05, 0.1) is 24.4 Å². The lowest BCUT2D eigenvalue weighted by Crippen LogP contribution is -2.41. The number of hydrogen-bond acceptors (Lipinski definition) is 5. The second-order valence-corrected chi connectivity index (χ2v) is 15.8. The molecule has 0 aromatic rings. The summed E-state index contributed by atoms with van der Waals surface area (Å²) >= 11 is 0. The molecule has 0 aromatic carbocycles. The molecular formula is C34H60O5. The van der Waals surface area contributed by atoms with Gasteiger partial charge in [-0.2, -0.15) is 0 Å². The standard InChI is InChI=1S/C18H32O3.C16H28O2/c1-16(2,19)7-3-5-15-6-10-17(13-15)8-4-9-18(14-17)20-11-12-21-18;1-15(2,18)8-3-5-13-7-10-16(11-13)9-4-6-14(17)12-16/h15,19H,3-14H2,1-2H3;13,18H,3-12H2,1-2H3/t15-,17-;13-,16-/m11/s1. The van der Waals surface area contributed by atoms with Crippen molar-refractivity contribution >= 4 is 5.78 Å². The normalized spacial score (nSPS) is 34.7. The molecule has 5 aliphatic rings. The zero-order chi connectivity index (χ0) is 28.2.